The lowest BCUT2D eigenvalue weighted by Gasteiger charge is -2.47. The number of unbranched alkanes of at least 4 members (excludes halogenated alkanes) is 17. The average Bonchev–Trinajstić information content (AvgIpc) is 3.17. The first-order valence-electron chi connectivity index (χ1n) is 21.8. The number of alkyl carbamates (subject to hydrolysis) is 1. The van der Waals surface area contributed by atoms with Crippen LogP contribution in [0, 0.1) is 5.92 Å². The highest BCUT2D eigenvalue weighted by Gasteiger charge is 2.48. The molecule has 0 unspecified atom stereocenters. The lowest BCUT2D eigenvalue weighted by Crippen LogP contribution is -2.70. The van der Waals surface area contributed by atoms with Gasteiger partial charge in [0.1, 0.15) is 37.0 Å². The maximum Gasteiger partial charge on any atom is 0.408 e. The molecule has 0 saturated carbocycles. The normalized spacial score (nSPS) is 20.3. The molecule has 2 rings (SSSR count). The van der Waals surface area contributed by atoms with Gasteiger partial charge in [-0.25, -0.2) is 4.79 Å². The first-order valence-corrected chi connectivity index (χ1v) is 21.8. The molecule has 0 bridgehead atoms. The molecule has 1 aliphatic heterocycles. The number of rotatable bonds is 30. The standard InChI is InChI=1S/C44H77N3O8/c1-5-7-9-11-13-15-17-19-21-26-30-47(38(49)29-25-20-18-16-14-12-10-8-6-2)43-39(41(51)40(50)37(32-48)55-43)46-42(52)36(31-34(3)4)45-44(53)54-33-35-27-23-22-24-28-35/h22-24,27-28,34,36-37,39-41,43,48,50-51H,5-21,25-26,29-33H2,1-4H3,(H,45,53)(H,46,52)/t36-,37+,39+,40+,41+,43+/m0/s1. The summed E-state index contributed by atoms with van der Waals surface area (Å²) in [6, 6.07) is 6.99. The van der Waals surface area contributed by atoms with Crippen molar-refractivity contribution in [1.29, 1.82) is 0 Å². The van der Waals surface area contributed by atoms with Crippen molar-refractivity contribution in [3.63, 3.8) is 0 Å². The van der Waals surface area contributed by atoms with Crippen molar-refractivity contribution in [2.24, 2.45) is 5.92 Å². The molecule has 11 nitrogen and oxygen atoms in total. The Bertz CT molecular complexity index is 1160. The molecular formula is C44H77N3O8. The van der Waals surface area contributed by atoms with Crippen molar-refractivity contribution in [2.75, 3.05) is 13.2 Å². The van der Waals surface area contributed by atoms with Gasteiger partial charge in [0, 0.05) is 13.0 Å². The highest BCUT2D eigenvalue weighted by atomic mass is 16.6. The minimum atomic E-state index is -1.54. The summed E-state index contributed by atoms with van der Waals surface area (Å²) in [5, 5.41) is 38.0. The van der Waals surface area contributed by atoms with E-state index in [-0.39, 0.29) is 24.9 Å². The van der Waals surface area contributed by atoms with Gasteiger partial charge in [-0.1, -0.05) is 167 Å². The highest BCUT2D eigenvalue weighted by molar-refractivity contribution is 5.86. The summed E-state index contributed by atoms with van der Waals surface area (Å²) in [6.45, 7) is 8.10. The van der Waals surface area contributed by atoms with E-state index in [0.717, 1.165) is 44.1 Å². The molecule has 1 fully saturated rings. The molecule has 0 aromatic heterocycles. The third-order valence-corrected chi connectivity index (χ3v) is 10.6. The lowest BCUT2D eigenvalue weighted by molar-refractivity contribution is -0.231. The Morgan fingerprint density at radius 1 is 0.764 bits per heavy atom. The second-order valence-electron chi connectivity index (χ2n) is 16.0. The number of hydrogen-bond acceptors (Lipinski definition) is 8. The molecule has 5 N–H and O–H groups in total. The predicted octanol–water partition coefficient (Wildman–Crippen LogP) is 7.92. The number of nitrogens with zero attached hydrogens (tertiary/aromatic N) is 1. The number of aliphatic hydroxyl groups excluding tert-OH is 3. The number of hydrogen-bond donors (Lipinski definition) is 5. The Balaban J connectivity index is 2.17. The van der Waals surface area contributed by atoms with Crippen LogP contribution in [0.15, 0.2) is 30.3 Å². The summed E-state index contributed by atoms with van der Waals surface area (Å²) in [5.74, 6) is -0.726. The second kappa shape index (κ2) is 29.5. The van der Waals surface area contributed by atoms with Crippen molar-refractivity contribution in [3.05, 3.63) is 35.9 Å². The fourth-order valence-electron chi connectivity index (χ4n) is 7.29. The molecule has 1 saturated heterocycles. The van der Waals surface area contributed by atoms with Gasteiger partial charge in [-0.2, -0.15) is 0 Å². The van der Waals surface area contributed by atoms with Crippen molar-refractivity contribution in [3.8, 4) is 0 Å². The van der Waals surface area contributed by atoms with E-state index in [1.54, 1.807) is 4.90 Å². The number of carbonyl (C=O) groups is 3. The van der Waals surface area contributed by atoms with Gasteiger partial charge < -0.3 is 40.3 Å². The van der Waals surface area contributed by atoms with Crippen LogP contribution in [0.1, 0.15) is 168 Å². The number of ether oxygens (including phenoxy) is 2. The van der Waals surface area contributed by atoms with Gasteiger partial charge in [-0.05, 0) is 30.7 Å². The van der Waals surface area contributed by atoms with Gasteiger partial charge in [0.15, 0.2) is 6.23 Å². The summed E-state index contributed by atoms with van der Waals surface area (Å²) in [4.78, 5) is 42.4. The zero-order chi connectivity index (χ0) is 40.3. The van der Waals surface area contributed by atoms with Crippen LogP contribution < -0.4 is 10.6 Å². The Morgan fingerprint density at radius 3 is 1.82 bits per heavy atom. The van der Waals surface area contributed by atoms with Gasteiger partial charge in [0.2, 0.25) is 11.8 Å². The third kappa shape index (κ3) is 19.8. The van der Waals surface area contributed by atoms with Gasteiger partial charge in [0.05, 0.1) is 6.61 Å². The first kappa shape index (κ1) is 48.4. The quantitative estimate of drug-likeness (QED) is 0.0494. The third-order valence-electron chi connectivity index (χ3n) is 10.6. The zero-order valence-electron chi connectivity index (χ0n) is 34.7. The maximum absolute atomic E-state index is 14.0. The topological polar surface area (TPSA) is 158 Å². The number of nitrogens with one attached hydrogen (secondary N) is 2. The molecular weight excluding hydrogens is 698 g/mol. The van der Waals surface area contributed by atoms with Crippen LogP contribution in [0.2, 0.25) is 0 Å². The summed E-state index contributed by atoms with van der Waals surface area (Å²) in [5.41, 5.74) is 0.801. The molecule has 1 heterocycles. The van der Waals surface area contributed by atoms with Gasteiger partial charge in [-0.3, -0.25) is 9.59 Å². The SMILES string of the molecule is CCCCCCCCCCCCN(C(=O)CCCCCCCCCCC)[C@@H]1O[C@H](CO)[C@@H](O)[C@H](O)[C@H]1NC(=O)[C@H](CC(C)C)NC(=O)OCc1ccccc1. The largest absolute Gasteiger partial charge is 0.445 e. The lowest BCUT2D eigenvalue weighted by atomic mass is 9.94. The van der Waals surface area contributed by atoms with Crippen LogP contribution in [-0.4, -0.2) is 87.9 Å². The van der Waals surface area contributed by atoms with Gasteiger partial charge in [-0.15, -0.1) is 0 Å². The molecule has 55 heavy (non-hydrogen) atoms. The van der Waals surface area contributed by atoms with E-state index in [1.165, 1.54) is 70.6 Å². The Labute approximate surface area is 332 Å². The summed E-state index contributed by atoms with van der Waals surface area (Å²) in [6.07, 6.45) is 15.9. The Morgan fingerprint density at radius 2 is 1.29 bits per heavy atom. The molecule has 0 spiro atoms. The zero-order valence-corrected chi connectivity index (χ0v) is 34.7. The highest BCUT2D eigenvalue weighted by Crippen LogP contribution is 2.26. The van der Waals surface area contributed by atoms with E-state index >= 15 is 0 Å². The van der Waals surface area contributed by atoms with Crippen LogP contribution >= 0.6 is 0 Å². The number of amides is 3. The minimum absolute atomic E-state index is 0.0172. The smallest absolute Gasteiger partial charge is 0.408 e. The fourth-order valence-corrected chi connectivity index (χ4v) is 7.29. The Hall–Kier alpha value is -2.73. The van der Waals surface area contributed by atoms with Crippen molar-refractivity contribution in [2.45, 2.75) is 206 Å². The maximum atomic E-state index is 14.0. The minimum Gasteiger partial charge on any atom is -0.445 e. The number of benzene rings is 1. The average molecular weight is 776 g/mol. The molecule has 1 aliphatic rings. The van der Waals surface area contributed by atoms with E-state index in [4.69, 9.17) is 9.47 Å². The molecule has 1 aromatic carbocycles. The van der Waals surface area contributed by atoms with Crippen LogP contribution in [0.3, 0.4) is 0 Å². The Kier molecular flexibility index (Phi) is 26.0. The van der Waals surface area contributed by atoms with Crippen LogP contribution in [0.5, 0.6) is 0 Å². The van der Waals surface area contributed by atoms with Crippen molar-refractivity contribution < 1.29 is 39.2 Å². The van der Waals surface area contributed by atoms with Crippen molar-refractivity contribution in [1.82, 2.24) is 15.5 Å². The molecule has 316 valence electrons. The number of carbonyl (C=O) groups excluding carboxylic acids is 3. The summed E-state index contributed by atoms with van der Waals surface area (Å²) < 4.78 is 11.6. The monoisotopic (exact) mass is 776 g/mol. The van der Waals surface area contributed by atoms with E-state index in [2.05, 4.69) is 24.5 Å². The van der Waals surface area contributed by atoms with Gasteiger partial charge in [0.25, 0.3) is 0 Å². The molecule has 11 heteroatoms. The fraction of sp³-hybridized carbons (Fsp3) is 0.795. The molecule has 0 aliphatic carbocycles. The molecule has 0 radical (unpaired) electrons. The predicted molar refractivity (Wildman–Crippen MR) is 218 cm³/mol. The summed E-state index contributed by atoms with van der Waals surface area (Å²) in [7, 11) is 0. The first-order chi connectivity index (χ1) is 26.6. The van der Waals surface area contributed by atoms with Crippen LogP contribution in [0.4, 0.5) is 4.79 Å². The molecule has 3 amide bonds. The van der Waals surface area contributed by atoms with E-state index < -0.39 is 55.2 Å². The van der Waals surface area contributed by atoms with Gasteiger partial charge >= 0.3 is 6.09 Å². The van der Waals surface area contributed by atoms with Crippen LogP contribution in [-0.2, 0) is 25.7 Å². The van der Waals surface area contributed by atoms with Crippen molar-refractivity contribution >= 4 is 17.9 Å². The molecule has 1 aromatic rings. The molecule has 6 atom stereocenters. The van der Waals surface area contributed by atoms with Crippen LogP contribution in [0.25, 0.3) is 0 Å². The van der Waals surface area contributed by atoms with E-state index in [0.29, 0.717) is 25.8 Å². The number of aliphatic hydroxyl groups is 3. The van der Waals surface area contributed by atoms with E-state index in [9.17, 15) is 29.7 Å². The van der Waals surface area contributed by atoms with E-state index in [1.807, 2.05) is 44.2 Å². The second-order valence-corrected chi connectivity index (χ2v) is 16.0. The summed E-state index contributed by atoms with van der Waals surface area (Å²) >= 11 is 0.